The van der Waals surface area contributed by atoms with Gasteiger partial charge < -0.3 is 10.5 Å². The molecule has 4 heteroatoms. The molecule has 0 bridgehead atoms. The van der Waals surface area contributed by atoms with E-state index in [9.17, 15) is 4.39 Å². The Kier molecular flexibility index (Phi) is 4.69. The Balaban J connectivity index is 2.03. The van der Waals surface area contributed by atoms with Crippen molar-refractivity contribution < 1.29 is 9.13 Å². The molecule has 2 N–H and O–H groups in total. The number of nitrogens with two attached hydrogens (primary N) is 1. The predicted molar refractivity (Wildman–Crippen MR) is 69.6 cm³/mol. The maximum atomic E-state index is 13.4. The van der Waals surface area contributed by atoms with Crippen molar-refractivity contribution in [2.45, 2.75) is 32.5 Å². The Morgan fingerprint density at radius 3 is 3.11 bits per heavy atom. The molecule has 1 heterocycles. The summed E-state index contributed by atoms with van der Waals surface area (Å²) < 4.78 is 19.0. The van der Waals surface area contributed by atoms with Gasteiger partial charge in [-0.2, -0.15) is 0 Å². The van der Waals surface area contributed by atoms with Gasteiger partial charge in [-0.25, -0.2) is 4.39 Å². The standard InChI is InChI=1S/C14H21FN2O/c1-11-9-17(5-2-6-18-11)10-12-3-4-14(15)13(7-12)8-16/h3-4,7,11H,2,5-6,8-10,16H2,1H3. The molecule has 3 nitrogen and oxygen atoms in total. The second-order valence-electron chi connectivity index (χ2n) is 4.90. The van der Waals surface area contributed by atoms with E-state index in [1.54, 1.807) is 0 Å². The van der Waals surface area contributed by atoms with Gasteiger partial charge in [0, 0.05) is 38.3 Å². The van der Waals surface area contributed by atoms with Gasteiger partial charge in [-0.05, 0) is 25.0 Å². The number of halogens is 1. The molecule has 1 unspecified atom stereocenters. The molecule has 0 amide bonds. The normalized spacial score (nSPS) is 21.8. The highest BCUT2D eigenvalue weighted by atomic mass is 19.1. The third kappa shape index (κ3) is 3.51. The van der Waals surface area contributed by atoms with Crippen LogP contribution in [-0.2, 0) is 17.8 Å². The summed E-state index contributed by atoms with van der Waals surface area (Å²) in [4.78, 5) is 2.35. The lowest BCUT2D eigenvalue weighted by atomic mass is 10.1. The first-order valence-corrected chi connectivity index (χ1v) is 6.50. The van der Waals surface area contributed by atoms with Gasteiger partial charge in [0.05, 0.1) is 6.10 Å². The van der Waals surface area contributed by atoms with Crippen molar-refractivity contribution in [3.63, 3.8) is 0 Å². The third-order valence-corrected chi connectivity index (χ3v) is 3.27. The van der Waals surface area contributed by atoms with Gasteiger partial charge in [0.1, 0.15) is 5.82 Å². The maximum absolute atomic E-state index is 13.4. The minimum absolute atomic E-state index is 0.214. The first-order chi connectivity index (χ1) is 8.69. The van der Waals surface area contributed by atoms with E-state index < -0.39 is 0 Å². The highest BCUT2D eigenvalue weighted by molar-refractivity contribution is 5.25. The van der Waals surface area contributed by atoms with Crippen LogP contribution < -0.4 is 5.73 Å². The first kappa shape index (κ1) is 13.5. The van der Waals surface area contributed by atoms with Crippen molar-refractivity contribution in [1.82, 2.24) is 4.90 Å². The van der Waals surface area contributed by atoms with Crippen LogP contribution in [0.1, 0.15) is 24.5 Å². The zero-order valence-corrected chi connectivity index (χ0v) is 10.9. The Bertz CT molecular complexity index is 397. The average Bonchev–Trinajstić information content (AvgIpc) is 2.56. The highest BCUT2D eigenvalue weighted by Crippen LogP contribution is 2.14. The summed E-state index contributed by atoms with van der Waals surface area (Å²) in [5.74, 6) is -0.214. The van der Waals surface area contributed by atoms with Crippen LogP contribution in [0.25, 0.3) is 0 Å². The fraction of sp³-hybridized carbons (Fsp3) is 0.571. The Morgan fingerprint density at radius 1 is 1.50 bits per heavy atom. The molecular formula is C14H21FN2O. The van der Waals surface area contributed by atoms with E-state index in [0.717, 1.165) is 38.2 Å². The molecule has 1 fully saturated rings. The predicted octanol–water partition coefficient (Wildman–Crippen LogP) is 1.90. The summed E-state index contributed by atoms with van der Waals surface area (Å²) in [5.41, 5.74) is 7.23. The van der Waals surface area contributed by atoms with E-state index in [1.807, 2.05) is 12.1 Å². The molecule has 1 aliphatic rings. The van der Waals surface area contributed by atoms with Crippen molar-refractivity contribution >= 4 is 0 Å². The van der Waals surface area contributed by atoms with Gasteiger partial charge in [-0.15, -0.1) is 0 Å². The summed E-state index contributed by atoms with van der Waals surface area (Å²) in [7, 11) is 0. The van der Waals surface area contributed by atoms with E-state index in [0.29, 0.717) is 5.56 Å². The molecule has 1 aromatic carbocycles. The molecule has 1 atom stereocenters. The topological polar surface area (TPSA) is 38.5 Å². The highest BCUT2D eigenvalue weighted by Gasteiger charge is 2.15. The lowest BCUT2D eigenvalue weighted by molar-refractivity contribution is 0.0668. The summed E-state index contributed by atoms with van der Waals surface area (Å²) in [5, 5.41) is 0. The van der Waals surface area contributed by atoms with Crippen LogP contribution in [0.5, 0.6) is 0 Å². The SMILES string of the molecule is CC1CN(Cc2ccc(F)c(CN)c2)CCCO1. The van der Waals surface area contributed by atoms with E-state index in [4.69, 9.17) is 10.5 Å². The number of ether oxygens (including phenoxy) is 1. The first-order valence-electron chi connectivity index (χ1n) is 6.50. The Labute approximate surface area is 108 Å². The second kappa shape index (κ2) is 6.27. The number of hydrogen-bond donors (Lipinski definition) is 1. The molecular weight excluding hydrogens is 231 g/mol. The summed E-state index contributed by atoms with van der Waals surface area (Å²) in [6.07, 6.45) is 1.32. The van der Waals surface area contributed by atoms with Crippen molar-refractivity contribution in [2.24, 2.45) is 5.73 Å². The van der Waals surface area contributed by atoms with Crippen LogP contribution in [0.3, 0.4) is 0 Å². The summed E-state index contributed by atoms with van der Waals surface area (Å²) >= 11 is 0. The molecule has 18 heavy (non-hydrogen) atoms. The molecule has 1 aliphatic heterocycles. The number of benzene rings is 1. The smallest absolute Gasteiger partial charge is 0.127 e. The second-order valence-corrected chi connectivity index (χ2v) is 4.90. The van der Waals surface area contributed by atoms with E-state index >= 15 is 0 Å². The van der Waals surface area contributed by atoms with Crippen molar-refractivity contribution in [2.75, 3.05) is 19.7 Å². The van der Waals surface area contributed by atoms with Crippen LogP contribution in [0.2, 0.25) is 0 Å². The fourth-order valence-electron chi connectivity index (χ4n) is 2.36. The molecule has 0 radical (unpaired) electrons. The third-order valence-electron chi connectivity index (χ3n) is 3.27. The summed E-state index contributed by atoms with van der Waals surface area (Å²) in [6.45, 7) is 5.96. The zero-order valence-electron chi connectivity index (χ0n) is 10.9. The van der Waals surface area contributed by atoms with Crippen molar-refractivity contribution in [1.29, 1.82) is 0 Å². The lowest BCUT2D eigenvalue weighted by Gasteiger charge is -2.22. The van der Waals surface area contributed by atoms with Crippen LogP contribution in [0, 0.1) is 5.82 Å². The molecule has 1 aromatic rings. The van der Waals surface area contributed by atoms with E-state index in [2.05, 4.69) is 11.8 Å². The van der Waals surface area contributed by atoms with Crippen molar-refractivity contribution in [3.8, 4) is 0 Å². The zero-order chi connectivity index (χ0) is 13.0. The molecule has 0 saturated carbocycles. The quantitative estimate of drug-likeness (QED) is 0.893. The number of hydrogen-bond acceptors (Lipinski definition) is 3. The van der Waals surface area contributed by atoms with Crippen molar-refractivity contribution in [3.05, 3.63) is 35.1 Å². The van der Waals surface area contributed by atoms with Gasteiger partial charge >= 0.3 is 0 Å². The van der Waals surface area contributed by atoms with Crippen LogP contribution in [0.4, 0.5) is 4.39 Å². The molecule has 100 valence electrons. The largest absolute Gasteiger partial charge is 0.377 e. The monoisotopic (exact) mass is 252 g/mol. The molecule has 0 aromatic heterocycles. The molecule has 1 saturated heterocycles. The molecule has 0 spiro atoms. The average molecular weight is 252 g/mol. The van der Waals surface area contributed by atoms with Gasteiger partial charge in [-0.3, -0.25) is 4.90 Å². The minimum Gasteiger partial charge on any atom is -0.377 e. The van der Waals surface area contributed by atoms with Gasteiger partial charge in [-0.1, -0.05) is 12.1 Å². The Hall–Kier alpha value is -0.970. The van der Waals surface area contributed by atoms with Gasteiger partial charge in [0.15, 0.2) is 0 Å². The Morgan fingerprint density at radius 2 is 2.33 bits per heavy atom. The van der Waals surface area contributed by atoms with E-state index in [1.165, 1.54) is 6.07 Å². The number of nitrogens with zero attached hydrogens (tertiary/aromatic N) is 1. The number of rotatable bonds is 3. The maximum Gasteiger partial charge on any atom is 0.127 e. The van der Waals surface area contributed by atoms with Crippen LogP contribution >= 0.6 is 0 Å². The molecule has 2 rings (SSSR count). The van der Waals surface area contributed by atoms with Gasteiger partial charge in [0.2, 0.25) is 0 Å². The van der Waals surface area contributed by atoms with Gasteiger partial charge in [0.25, 0.3) is 0 Å². The fourth-order valence-corrected chi connectivity index (χ4v) is 2.36. The minimum atomic E-state index is -0.214. The van der Waals surface area contributed by atoms with Crippen LogP contribution in [-0.4, -0.2) is 30.7 Å². The summed E-state index contributed by atoms with van der Waals surface area (Å²) in [6, 6.07) is 5.21. The lowest BCUT2D eigenvalue weighted by Crippen LogP contribution is -2.29. The molecule has 0 aliphatic carbocycles. The van der Waals surface area contributed by atoms with Crippen LogP contribution in [0.15, 0.2) is 18.2 Å². The van der Waals surface area contributed by atoms with E-state index in [-0.39, 0.29) is 18.5 Å².